The van der Waals surface area contributed by atoms with Crippen LogP contribution >= 0.6 is 0 Å². The minimum absolute atomic E-state index is 0.659. The van der Waals surface area contributed by atoms with Crippen LogP contribution in [0.15, 0.2) is 12.2 Å². The van der Waals surface area contributed by atoms with E-state index in [-0.39, 0.29) is 0 Å². The smallest absolute Gasteiger partial charge is 0.0704 e. The summed E-state index contributed by atoms with van der Waals surface area (Å²) in [5.74, 6) is 0. The van der Waals surface area contributed by atoms with Crippen molar-refractivity contribution in [3.63, 3.8) is 0 Å². The van der Waals surface area contributed by atoms with Crippen LogP contribution in [0.2, 0.25) is 0 Å². The highest BCUT2D eigenvalue weighted by Gasteiger charge is 1.90. The van der Waals surface area contributed by atoms with Gasteiger partial charge < -0.3 is 14.2 Å². The van der Waals surface area contributed by atoms with E-state index in [0.717, 1.165) is 0 Å². The van der Waals surface area contributed by atoms with Crippen molar-refractivity contribution in [2.75, 3.05) is 39.6 Å². The molecule has 1 aliphatic heterocycles. The Balaban J connectivity index is 2.11. The molecule has 0 spiro atoms. The van der Waals surface area contributed by atoms with E-state index in [4.69, 9.17) is 14.2 Å². The standard InChI is InChI=1S/C8H14O3/c1-2-4-10-6-8-11-7-5-9-3-1/h1-2H,3-8H2/b2-1-. The van der Waals surface area contributed by atoms with Gasteiger partial charge in [-0.05, 0) is 0 Å². The molecule has 0 amide bonds. The molecule has 0 fully saturated rings. The maximum absolute atomic E-state index is 5.20. The first-order chi connectivity index (χ1) is 5.50. The summed E-state index contributed by atoms with van der Waals surface area (Å²) in [7, 11) is 0. The van der Waals surface area contributed by atoms with E-state index in [9.17, 15) is 0 Å². The number of rotatable bonds is 0. The molecular formula is C8H14O3. The maximum atomic E-state index is 5.20. The zero-order valence-corrected chi connectivity index (χ0v) is 6.62. The highest BCUT2D eigenvalue weighted by atomic mass is 16.5. The lowest BCUT2D eigenvalue weighted by Crippen LogP contribution is -2.08. The highest BCUT2D eigenvalue weighted by Crippen LogP contribution is 1.85. The molecule has 0 bridgehead atoms. The fourth-order valence-corrected chi connectivity index (χ4v) is 0.777. The molecule has 0 aromatic carbocycles. The Morgan fingerprint density at radius 3 is 1.64 bits per heavy atom. The van der Waals surface area contributed by atoms with Crippen LogP contribution < -0.4 is 0 Å². The third kappa shape index (κ3) is 4.95. The van der Waals surface area contributed by atoms with E-state index < -0.39 is 0 Å². The Bertz CT molecular complexity index is 99.9. The van der Waals surface area contributed by atoms with Gasteiger partial charge in [0.2, 0.25) is 0 Å². The molecule has 0 radical (unpaired) electrons. The van der Waals surface area contributed by atoms with Crippen LogP contribution in [0.1, 0.15) is 0 Å². The van der Waals surface area contributed by atoms with Crippen LogP contribution in [0, 0.1) is 0 Å². The van der Waals surface area contributed by atoms with E-state index in [1.165, 1.54) is 0 Å². The molecule has 3 heteroatoms. The van der Waals surface area contributed by atoms with Gasteiger partial charge in [0.25, 0.3) is 0 Å². The molecule has 0 saturated heterocycles. The van der Waals surface area contributed by atoms with Crippen LogP contribution in [0.4, 0.5) is 0 Å². The molecule has 0 N–H and O–H groups in total. The molecule has 11 heavy (non-hydrogen) atoms. The molecule has 0 saturated carbocycles. The lowest BCUT2D eigenvalue weighted by Gasteiger charge is -2.02. The SMILES string of the molecule is C1=C\COCCOCCOC/1. The summed E-state index contributed by atoms with van der Waals surface area (Å²) in [6.07, 6.45) is 3.93. The quantitative estimate of drug-likeness (QED) is 0.483. The minimum atomic E-state index is 0.659. The Kier molecular flexibility index (Phi) is 5.02. The van der Waals surface area contributed by atoms with E-state index in [0.29, 0.717) is 39.6 Å². The lowest BCUT2D eigenvalue weighted by atomic mass is 10.5. The van der Waals surface area contributed by atoms with Gasteiger partial charge >= 0.3 is 0 Å². The summed E-state index contributed by atoms with van der Waals surface area (Å²) in [6, 6.07) is 0. The second-order valence-corrected chi connectivity index (χ2v) is 2.23. The third-order valence-electron chi connectivity index (χ3n) is 1.34. The average molecular weight is 158 g/mol. The lowest BCUT2D eigenvalue weighted by molar-refractivity contribution is 0.0283. The van der Waals surface area contributed by atoms with Crippen molar-refractivity contribution in [2.24, 2.45) is 0 Å². The molecule has 1 heterocycles. The topological polar surface area (TPSA) is 27.7 Å². The summed E-state index contributed by atoms with van der Waals surface area (Å²) < 4.78 is 15.6. The van der Waals surface area contributed by atoms with Gasteiger partial charge in [0, 0.05) is 0 Å². The maximum Gasteiger partial charge on any atom is 0.0704 e. The van der Waals surface area contributed by atoms with Crippen LogP contribution in [0.25, 0.3) is 0 Å². The van der Waals surface area contributed by atoms with Crippen molar-refractivity contribution in [2.45, 2.75) is 0 Å². The summed E-state index contributed by atoms with van der Waals surface area (Å²) in [5.41, 5.74) is 0. The summed E-state index contributed by atoms with van der Waals surface area (Å²) in [4.78, 5) is 0. The van der Waals surface area contributed by atoms with Crippen molar-refractivity contribution < 1.29 is 14.2 Å². The molecule has 64 valence electrons. The van der Waals surface area contributed by atoms with Crippen LogP contribution in [0.5, 0.6) is 0 Å². The molecule has 0 aliphatic carbocycles. The Morgan fingerprint density at radius 1 is 0.636 bits per heavy atom. The van der Waals surface area contributed by atoms with Gasteiger partial charge in [-0.1, -0.05) is 12.2 Å². The van der Waals surface area contributed by atoms with E-state index >= 15 is 0 Å². The van der Waals surface area contributed by atoms with Gasteiger partial charge in [-0.15, -0.1) is 0 Å². The first-order valence-corrected chi connectivity index (χ1v) is 3.88. The third-order valence-corrected chi connectivity index (χ3v) is 1.34. The molecule has 0 aromatic rings. The van der Waals surface area contributed by atoms with E-state index in [1.54, 1.807) is 0 Å². The Labute approximate surface area is 66.9 Å². The molecule has 0 atom stereocenters. The van der Waals surface area contributed by atoms with Gasteiger partial charge in [0.1, 0.15) is 0 Å². The van der Waals surface area contributed by atoms with Crippen molar-refractivity contribution in [3.05, 3.63) is 12.2 Å². The summed E-state index contributed by atoms with van der Waals surface area (Å²) in [6.45, 7) is 3.99. The second kappa shape index (κ2) is 6.34. The fourth-order valence-electron chi connectivity index (χ4n) is 0.777. The second-order valence-electron chi connectivity index (χ2n) is 2.23. The van der Waals surface area contributed by atoms with E-state index in [2.05, 4.69) is 0 Å². The zero-order valence-electron chi connectivity index (χ0n) is 6.62. The molecule has 1 rings (SSSR count). The van der Waals surface area contributed by atoms with Crippen LogP contribution in [-0.4, -0.2) is 39.6 Å². The molecule has 0 aromatic heterocycles. The monoisotopic (exact) mass is 158 g/mol. The number of ether oxygens (including phenoxy) is 3. The van der Waals surface area contributed by atoms with Crippen molar-refractivity contribution >= 4 is 0 Å². The van der Waals surface area contributed by atoms with Crippen molar-refractivity contribution in [3.8, 4) is 0 Å². The molecular weight excluding hydrogens is 144 g/mol. The fraction of sp³-hybridized carbons (Fsp3) is 0.750. The van der Waals surface area contributed by atoms with Crippen molar-refractivity contribution in [1.82, 2.24) is 0 Å². The molecule has 3 nitrogen and oxygen atoms in total. The Hall–Kier alpha value is -0.380. The molecule has 1 aliphatic rings. The van der Waals surface area contributed by atoms with E-state index in [1.807, 2.05) is 12.2 Å². The van der Waals surface area contributed by atoms with Gasteiger partial charge in [-0.3, -0.25) is 0 Å². The summed E-state index contributed by atoms with van der Waals surface area (Å²) >= 11 is 0. The highest BCUT2D eigenvalue weighted by molar-refractivity contribution is 4.81. The van der Waals surface area contributed by atoms with Gasteiger partial charge in [-0.2, -0.15) is 0 Å². The molecule has 0 unspecified atom stereocenters. The first kappa shape index (κ1) is 8.71. The average Bonchev–Trinajstić information content (AvgIpc) is 2.08. The minimum Gasteiger partial charge on any atom is -0.377 e. The van der Waals surface area contributed by atoms with Crippen LogP contribution in [0.3, 0.4) is 0 Å². The zero-order chi connectivity index (χ0) is 7.78. The Morgan fingerprint density at radius 2 is 1.09 bits per heavy atom. The number of hydrogen-bond donors (Lipinski definition) is 0. The van der Waals surface area contributed by atoms with Gasteiger partial charge in [0.05, 0.1) is 39.6 Å². The normalized spacial score (nSPS) is 25.5. The predicted molar refractivity (Wildman–Crippen MR) is 41.6 cm³/mol. The van der Waals surface area contributed by atoms with Crippen LogP contribution in [-0.2, 0) is 14.2 Å². The van der Waals surface area contributed by atoms with Crippen molar-refractivity contribution in [1.29, 1.82) is 0 Å². The van der Waals surface area contributed by atoms with Gasteiger partial charge in [-0.25, -0.2) is 0 Å². The first-order valence-electron chi connectivity index (χ1n) is 3.88. The largest absolute Gasteiger partial charge is 0.377 e. The summed E-state index contributed by atoms with van der Waals surface area (Å²) in [5, 5.41) is 0. The number of hydrogen-bond acceptors (Lipinski definition) is 3. The van der Waals surface area contributed by atoms with Gasteiger partial charge in [0.15, 0.2) is 0 Å². The predicted octanol–water partition coefficient (Wildman–Crippen LogP) is 0.606.